The fourth-order valence-corrected chi connectivity index (χ4v) is 2.96. The van der Waals surface area contributed by atoms with Crippen LogP contribution in [0, 0.1) is 5.92 Å². The summed E-state index contributed by atoms with van der Waals surface area (Å²) in [7, 11) is -2.12. The van der Waals surface area contributed by atoms with Gasteiger partial charge in [-0.05, 0) is 18.1 Å². The lowest BCUT2D eigenvalue weighted by atomic mass is 10.3. The van der Waals surface area contributed by atoms with Crippen LogP contribution in [0.2, 0.25) is 0 Å². The van der Waals surface area contributed by atoms with Crippen LogP contribution >= 0.6 is 0 Å². The third-order valence-corrected chi connectivity index (χ3v) is 3.90. The monoisotopic (exact) mass is 301 g/mol. The Morgan fingerprint density at radius 2 is 2.05 bits per heavy atom. The molecule has 0 atom stereocenters. The van der Waals surface area contributed by atoms with Gasteiger partial charge in [-0.15, -0.1) is 0 Å². The summed E-state index contributed by atoms with van der Waals surface area (Å²) in [6.07, 6.45) is 0. The molecule has 0 amide bonds. The molecule has 0 fully saturated rings. The minimum atomic E-state index is -3.38. The van der Waals surface area contributed by atoms with Gasteiger partial charge in [0.15, 0.2) is 6.61 Å². The normalized spacial score (nSPS) is 11.2. The third-order valence-electron chi connectivity index (χ3n) is 2.24. The molecule has 0 aliphatic carbocycles. The highest BCUT2D eigenvalue weighted by Gasteiger charge is 2.13. The molecule has 1 aromatic carbocycles. The minimum absolute atomic E-state index is 0.0336. The van der Waals surface area contributed by atoms with Gasteiger partial charge >= 0.3 is 5.97 Å². The third kappa shape index (κ3) is 5.92. The van der Waals surface area contributed by atoms with E-state index in [1.807, 2.05) is 13.8 Å². The van der Waals surface area contributed by atoms with Crippen LogP contribution in [0.4, 0.5) is 5.69 Å². The fraction of sp³-hybridized carbons (Fsp3) is 0.462. The summed E-state index contributed by atoms with van der Waals surface area (Å²) in [6.45, 7) is 3.43. The zero-order chi connectivity index (χ0) is 15.2. The molecule has 0 aliphatic heterocycles. The van der Waals surface area contributed by atoms with E-state index in [1.165, 1.54) is 13.2 Å². The number of carbonyl (C=O) groups is 1. The molecule has 0 aliphatic rings. The zero-order valence-corrected chi connectivity index (χ0v) is 12.6. The Kier molecular flexibility index (Phi) is 5.82. The lowest BCUT2D eigenvalue weighted by Gasteiger charge is -2.11. The van der Waals surface area contributed by atoms with Crippen molar-refractivity contribution in [1.82, 2.24) is 0 Å². The highest BCUT2D eigenvalue weighted by molar-refractivity contribution is 7.92. The van der Waals surface area contributed by atoms with Gasteiger partial charge in [-0.2, -0.15) is 0 Å². The highest BCUT2D eigenvalue weighted by atomic mass is 32.2. The molecule has 20 heavy (non-hydrogen) atoms. The SMILES string of the molecule is COC(=O)COc1cccc(NS(=O)(=O)CC(C)C)c1. The second-order valence-corrected chi connectivity index (χ2v) is 6.44. The number of ether oxygens (including phenoxy) is 2. The summed E-state index contributed by atoms with van der Waals surface area (Å²) < 4.78 is 35.7. The van der Waals surface area contributed by atoms with Crippen LogP contribution in [-0.4, -0.2) is 33.9 Å². The first-order valence-electron chi connectivity index (χ1n) is 6.12. The molecular weight excluding hydrogens is 282 g/mol. The molecule has 0 saturated carbocycles. The molecule has 0 spiro atoms. The summed E-state index contributed by atoms with van der Waals surface area (Å²) in [5.41, 5.74) is 0.396. The number of hydrogen-bond donors (Lipinski definition) is 1. The van der Waals surface area contributed by atoms with Gasteiger partial charge in [0.1, 0.15) is 5.75 Å². The average Bonchev–Trinajstić information content (AvgIpc) is 2.34. The summed E-state index contributed by atoms with van der Waals surface area (Å²) in [5, 5.41) is 0. The Morgan fingerprint density at radius 3 is 2.65 bits per heavy atom. The second-order valence-electron chi connectivity index (χ2n) is 4.67. The Hall–Kier alpha value is -1.76. The van der Waals surface area contributed by atoms with E-state index in [0.29, 0.717) is 11.4 Å². The standard InChI is InChI=1S/C13H19NO5S/c1-10(2)9-20(16,17)14-11-5-4-6-12(7-11)19-8-13(15)18-3/h4-7,10,14H,8-9H2,1-3H3. The van der Waals surface area contributed by atoms with Crippen molar-refractivity contribution in [1.29, 1.82) is 0 Å². The Balaban J connectivity index is 2.71. The first-order chi connectivity index (χ1) is 9.32. The van der Waals surface area contributed by atoms with Crippen LogP contribution in [0.3, 0.4) is 0 Å². The number of methoxy groups -OCH3 is 1. The van der Waals surface area contributed by atoms with Gasteiger partial charge in [-0.25, -0.2) is 13.2 Å². The van der Waals surface area contributed by atoms with Crippen LogP contribution in [0.25, 0.3) is 0 Å². The molecule has 7 heteroatoms. The molecule has 1 rings (SSSR count). The molecule has 0 saturated heterocycles. The molecule has 0 heterocycles. The van der Waals surface area contributed by atoms with Crippen LogP contribution < -0.4 is 9.46 Å². The lowest BCUT2D eigenvalue weighted by molar-refractivity contribution is -0.142. The van der Waals surface area contributed by atoms with Crippen molar-refractivity contribution in [2.45, 2.75) is 13.8 Å². The topological polar surface area (TPSA) is 81.7 Å². The Morgan fingerprint density at radius 1 is 1.35 bits per heavy atom. The van der Waals surface area contributed by atoms with Crippen molar-refractivity contribution in [3.63, 3.8) is 0 Å². The van der Waals surface area contributed by atoms with Gasteiger partial charge in [0, 0.05) is 6.07 Å². The zero-order valence-electron chi connectivity index (χ0n) is 11.8. The van der Waals surface area contributed by atoms with E-state index in [0.717, 1.165) is 0 Å². The van der Waals surface area contributed by atoms with E-state index < -0.39 is 16.0 Å². The Bertz CT molecular complexity index is 554. The van der Waals surface area contributed by atoms with Crippen molar-refractivity contribution in [3.8, 4) is 5.75 Å². The molecular formula is C13H19NO5S. The van der Waals surface area contributed by atoms with Gasteiger partial charge in [0.2, 0.25) is 10.0 Å². The lowest BCUT2D eigenvalue weighted by Crippen LogP contribution is -2.20. The average molecular weight is 301 g/mol. The van der Waals surface area contributed by atoms with Gasteiger partial charge in [-0.3, -0.25) is 4.72 Å². The summed E-state index contributed by atoms with van der Waals surface area (Å²) >= 11 is 0. The van der Waals surface area contributed by atoms with Gasteiger partial charge < -0.3 is 9.47 Å². The van der Waals surface area contributed by atoms with E-state index in [4.69, 9.17) is 4.74 Å². The number of sulfonamides is 1. The number of rotatable bonds is 7. The van der Waals surface area contributed by atoms with E-state index in [9.17, 15) is 13.2 Å². The van der Waals surface area contributed by atoms with E-state index >= 15 is 0 Å². The van der Waals surface area contributed by atoms with Crippen molar-refractivity contribution < 1.29 is 22.7 Å². The van der Waals surface area contributed by atoms with Crippen molar-refractivity contribution >= 4 is 21.7 Å². The van der Waals surface area contributed by atoms with Crippen molar-refractivity contribution in [3.05, 3.63) is 24.3 Å². The molecule has 6 nitrogen and oxygen atoms in total. The molecule has 0 radical (unpaired) electrons. The smallest absolute Gasteiger partial charge is 0.343 e. The van der Waals surface area contributed by atoms with Crippen LogP contribution in [0.15, 0.2) is 24.3 Å². The van der Waals surface area contributed by atoms with Crippen molar-refractivity contribution in [2.24, 2.45) is 5.92 Å². The molecule has 1 N–H and O–H groups in total. The minimum Gasteiger partial charge on any atom is -0.482 e. The summed E-state index contributed by atoms with van der Waals surface area (Å²) in [5.74, 6) is -0.0394. The predicted octanol–water partition coefficient (Wildman–Crippen LogP) is 1.64. The molecule has 112 valence electrons. The van der Waals surface area contributed by atoms with Gasteiger partial charge in [0.25, 0.3) is 0 Å². The summed E-state index contributed by atoms with van der Waals surface area (Å²) in [6, 6.07) is 6.40. The first-order valence-corrected chi connectivity index (χ1v) is 7.78. The first kappa shape index (κ1) is 16.3. The number of benzene rings is 1. The van der Waals surface area contributed by atoms with Crippen LogP contribution in [0.1, 0.15) is 13.8 Å². The van der Waals surface area contributed by atoms with E-state index in [1.54, 1.807) is 18.2 Å². The summed E-state index contributed by atoms with van der Waals surface area (Å²) in [4.78, 5) is 11.0. The molecule has 0 bridgehead atoms. The van der Waals surface area contributed by atoms with E-state index in [-0.39, 0.29) is 18.3 Å². The van der Waals surface area contributed by atoms with E-state index in [2.05, 4.69) is 9.46 Å². The highest BCUT2D eigenvalue weighted by Crippen LogP contribution is 2.19. The quantitative estimate of drug-likeness (QED) is 0.774. The predicted molar refractivity (Wildman–Crippen MR) is 76.2 cm³/mol. The van der Waals surface area contributed by atoms with Gasteiger partial charge in [0.05, 0.1) is 18.6 Å². The maximum Gasteiger partial charge on any atom is 0.343 e. The number of anilines is 1. The molecule has 0 unspecified atom stereocenters. The maximum atomic E-state index is 11.8. The fourth-order valence-electron chi connectivity index (χ4n) is 1.51. The second kappa shape index (κ2) is 7.14. The molecule has 0 aromatic heterocycles. The number of hydrogen-bond acceptors (Lipinski definition) is 5. The van der Waals surface area contributed by atoms with Crippen molar-refractivity contribution in [2.75, 3.05) is 24.2 Å². The largest absolute Gasteiger partial charge is 0.482 e. The van der Waals surface area contributed by atoms with Crippen LogP contribution in [-0.2, 0) is 19.6 Å². The van der Waals surface area contributed by atoms with Crippen LogP contribution in [0.5, 0.6) is 5.75 Å². The number of esters is 1. The maximum absolute atomic E-state index is 11.8. The van der Waals surface area contributed by atoms with Gasteiger partial charge in [-0.1, -0.05) is 19.9 Å². The Labute approximate surface area is 119 Å². The molecule has 1 aromatic rings. The number of carbonyl (C=O) groups excluding carboxylic acids is 1. The number of nitrogens with one attached hydrogen (secondary N) is 1.